The molecule has 1 heterocycles. The number of hydrogen-bond acceptors (Lipinski definition) is 4. The molecule has 1 unspecified atom stereocenters. The zero-order valence-corrected chi connectivity index (χ0v) is 13.5. The molecule has 0 aromatic carbocycles. The Morgan fingerprint density at radius 3 is 2.60 bits per heavy atom. The van der Waals surface area contributed by atoms with Gasteiger partial charge >= 0.3 is 0 Å². The molecule has 0 saturated carbocycles. The van der Waals surface area contributed by atoms with Crippen molar-refractivity contribution in [3.63, 3.8) is 0 Å². The van der Waals surface area contributed by atoms with Gasteiger partial charge in [0.1, 0.15) is 0 Å². The first-order chi connectivity index (χ1) is 9.23. The lowest BCUT2D eigenvalue weighted by Gasteiger charge is -2.36. The van der Waals surface area contributed by atoms with Gasteiger partial charge in [-0.25, -0.2) is 13.1 Å². The van der Waals surface area contributed by atoms with E-state index < -0.39 is 15.4 Å². The maximum Gasteiger partial charge on any atom is 0.225 e. The van der Waals surface area contributed by atoms with Gasteiger partial charge in [0.05, 0.1) is 6.26 Å². The fraction of sp³-hybridized carbons (Fsp3) is 0.923. The number of piperidine rings is 1. The van der Waals surface area contributed by atoms with Gasteiger partial charge in [0, 0.05) is 18.5 Å². The Bertz CT molecular complexity index is 415. The first-order valence-corrected chi connectivity index (χ1v) is 9.06. The van der Waals surface area contributed by atoms with Gasteiger partial charge in [0.25, 0.3) is 0 Å². The van der Waals surface area contributed by atoms with E-state index in [1.54, 1.807) is 0 Å². The lowest BCUT2D eigenvalue weighted by atomic mass is 9.74. The van der Waals surface area contributed by atoms with Gasteiger partial charge in [-0.1, -0.05) is 13.8 Å². The van der Waals surface area contributed by atoms with Gasteiger partial charge in [0.15, 0.2) is 0 Å². The quantitative estimate of drug-likeness (QED) is 0.581. The predicted octanol–water partition coefficient (Wildman–Crippen LogP) is 0.0677. The Balaban J connectivity index is 2.30. The summed E-state index contributed by atoms with van der Waals surface area (Å²) in [5.74, 6) is 0.399. The van der Waals surface area contributed by atoms with Crippen LogP contribution in [0.4, 0.5) is 0 Å². The summed E-state index contributed by atoms with van der Waals surface area (Å²) in [6, 6.07) is 0. The number of amides is 1. The normalized spacial score (nSPS) is 20.6. The van der Waals surface area contributed by atoms with Crippen LogP contribution in [0.2, 0.25) is 0 Å². The summed E-state index contributed by atoms with van der Waals surface area (Å²) in [6.45, 7) is 6.72. The molecule has 0 aliphatic carbocycles. The molecule has 118 valence electrons. The summed E-state index contributed by atoms with van der Waals surface area (Å²) in [4.78, 5) is 12.2. The van der Waals surface area contributed by atoms with Gasteiger partial charge in [-0.2, -0.15) is 0 Å². The van der Waals surface area contributed by atoms with Crippen LogP contribution < -0.4 is 15.4 Å². The van der Waals surface area contributed by atoms with E-state index in [9.17, 15) is 13.2 Å². The molecule has 7 heteroatoms. The first kappa shape index (κ1) is 17.4. The number of nitrogens with one attached hydrogen (secondary N) is 3. The summed E-state index contributed by atoms with van der Waals surface area (Å²) in [6.07, 6.45) is 3.91. The summed E-state index contributed by atoms with van der Waals surface area (Å²) < 4.78 is 24.2. The zero-order valence-electron chi connectivity index (χ0n) is 12.7. The Labute approximate surface area is 122 Å². The van der Waals surface area contributed by atoms with Crippen LogP contribution in [0, 0.1) is 11.3 Å². The molecule has 0 bridgehead atoms. The average molecular weight is 305 g/mol. The minimum atomic E-state index is -3.14. The summed E-state index contributed by atoms with van der Waals surface area (Å²) in [7, 11) is -3.14. The van der Waals surface area contributed by atoms with Crippen molar-refractivity contribution in [2.24, 2.45) is 11.3 Å². The minimum Gasteiger partial charge on any atom is -0.356 e. The van der Waals surface area contributed by atoms with Crippen LogP contribution in [0.3, 0.4) is 0 Å². The fourth-order valence-electron chi connectivity index (χ4n) is 2.43. The monoisotopic (exact) mass is 305 g/mol. The molecule has 1 fully saturated rings. The average Bonchev–Trinajstić information content (AvgIpc) is 2.37. The molecule has 0 aromatic rings. The van der Waals surface area contributed by atoms with E-state index in [2.05, 4.69) is 15.4 Å². The van der Waals surface area contributed by atoms with Gasteiger partial charge < -0.3 is 10.6 Å². The van der Waals surface area contributed by atoms with E-state index in [-0.39, 0.29) is 5.91 Å². The Morgan fingerprint density at radius 2 is 2.05 bits per heavy atom. The Hall–Kier alpha value is -0.660. The standard InChI is InChI=1S/C13H27N3O3S/c1-13(2,11-6-4-7-14-10-11)12(17)15-8-5-9-16-20(3,18)19/h11,14,16H,4-10H2,1-3H3,(H,15,17). The predicted molar refractivity (Wildman–Crippen MR) is 79.8 cm³/mol. The number of carbonyl (C=O) groups excluding carboxylic acids is 1. The SMILES string of the molecule is CC(C)(C(=O)NCCCNS(C)(=O)=O)C1CCCNC1. The molecule has 0 radical (unpaired) electrons. The van der Waals surface area contributed by atoms with E-state index in [1.807, 2.05) is 13.8 Å². The Kier molecular flexibility index (Phi) is 6.42. The lowest BCUT2D eigenvalue weighted by Crippen LogP contribution is -2.47. The summed E-state index contributed by atoms with van der Waals surface area (Å²) in [5.41, 5.74) is -0.391. The first-order valence-electron chi connectivity index (χ1n) is 7.17. The molecule has 1 atom stereocenters. The molecule has 1 rings (SSSR count). The maximum atomic E-state index is 12.2. The molecule has 1 saturated heterocycles. The van der Waals surface area contributed by atoms with Crippen LogP contribution in [0.5, 0.6) is 0 Å². The smallest absolute Gasteiger partial charge is 0.225 e. The number of sulfonamides is 1. The van der Waals surface area contributed by atoms with Crippen molar-refractivity contribution in [2.45, 2.75) is 33.1 Å². The number of hydrogen-bond donors (Lipinski definition) is 3. The van der Waals surface area contributed by atoms with Crippen LogP contribution in [0.15, 0.2) is 0 Å². The van der Waals surface area contributed by atoms with Gasteiger partial charge in [-0.05, 0) is 38.3 Å². The van der Waals surface area contributed by atoms with Crippen molar-refractivity contribution in [3.8, 4) is 0 Å². The topological polar surface area (TPSA) is 87.3 Å². The Morgan fingerprint density at radius 1 is 1.35 bits per heavy atom. The van der Waals surface area contributed by atoms with Gasteiger partial charge in [-0.15, -0.1) is 0 Å². The van der Waals surface area contributed by atoms with Crippen molar-refractivity contribution in [2.75, 3.05) is 32.4 Å². The maximum absolute atomic E-state index is 12.2. The third kappa shape index (κ3) is 5.76. The second-order valence-electron chi connectivity index (χ2n) is 6.04. The number of rotatable bonds is 7. The highest BCUT2D eigenvalue weighted by Crippen LogP contribution is 2.31. The van der Waals surface area contributed by atoms with Crippen molar-refractivity contribution in [3.05, 3.63) is 0 Å². The number of carbonyl (C=O) groups is 1. The van der Waals surface area contributed by atoms with Gasteiger partial charge in [-0.3, -0.25) is 4.79 Å². The molecule has 6 nitrogen and oxygen atoms in total. The molecule has 1 aliphatic heterocycles. The highest BCUT2D eigenvalue weighted by molar-refractivity contribution is 7.88. The largest absolute Gasteiger partial charge is 0.356 e. The molecular formula is C13H27N3O3S. The minimum absolute atomic E-state index is 0.0468. The van der Waals surface area contributed by atoms with Crippen LogP contribution in [0.1, 0.15) is 33.1 Å². The second kappa shape index (κ2) is 7.38. The molecule has 20 heavy (non-hydrogen) atoms. The summed E-state index contributed by atoms with van der Waals surface area (Å²) >= 11 is 0. The molecule has 1 amide bonds. The van der Waals surface area contributed by atoms with E-state index in [0.717, 1.165) is 32.2 Å². The van der Waals surface area contributed by atoms with Crippen molar-refractivity contribution >= 4 is 15.9 Å². The summed E-state index contributed by atoms with van der Waals surface area (Å²) in [5, 5.41) is 6.24. The van der Waals surface area contributed by atoms with Crippen LogP contribution in [-0.2, 0) is 14.8 Å². The van der Waals surface area contributed by atoms with Crippen molar-refractivity contribution in [1.82, 2.24) is 15.4 Å². The second-order valence-corrected chi connectivity index (χ2v) is 7.87. The van der Waals surface area contributed by atoms with E-state index >= 15 is 0 Å². The molecule has 3 N–H and O–H groups in total. The molecule has 0 aromatic heterocycles. The van der Waals surface area contributed by atoms with E-state index in [1.165, 1.54) is 0 Å². The third-order valence-corrected chi connectivity index (χ3v) is 4.63. The fourth-order valence-corrected chi connectivity index (χ4v) is 2.94. The molecule has 1 aliphatic rings. The van der Waals surface area contributed by atoms with E-state index in [0.29, 0.717) is 25.4 Å². The van der Waals surface area contributed by atoms with Crippen LogP contribution in [0.25, 0.3) is 0 Å². The lowest BCUT2D eigenvalue weighted by molar-refractivity contribution is -0.132. The third-order valence-electron chi connectivity index (χ3n) is 3.91. The van der Waals surface area contributed by atoms with Crippen molar-refractivity contribution < 1.29 is 13.2 Å². The van der Waals surface area contributed by atoms with Gasteiger partial charge in [0.2, 0.25) is 15.9 Å². The van der Waals surface area contributed by atoms with E-state index in [4.69, 9.17) is 0 Å². The highest BCUT2D eigenvalue weighted by atomic mass is 32.2. The zero-order chi connectivity index (χ0) is 15.2. The van der Waals surface area contributed by atoms with Crippen LogP contribution >= 0.6 is 0 Å². The van der Waals surface area contributed by atoms with Crippen LogP contribution in [-0.4, -0.2) is 46.8 Å². The molecular weight excluding hydrogens is 278 g/mol. The molecule has 0 spiro atoms. The highest BCUT2D eigenvalue weighted by Gasteiger charge is 2.36. The van der Waals surface area contributed by atoms with Crippen molar-refractivity contribution in [1.29, 1.82) is 0 Å².